The number of piperidine rings is 1. The molecule has 0 bridgehead atoms. The summed E-state index contributed by atoms with van der Waals surface area (Å²) in [4.78, 5) is 12.3. The van der Waals surface area contributed by atoms with Crippen molar-refractivity contribution >= 4 is 5.78 Å². The predicted octanol–water partition coefficient (Wildman–Crippen LogP) is 2.66. The van der Waals surface area contributed by atoms with Crippen molar-refractivity contribution in [3.05, 3.63) is 29.8 Å². The molecule has 1 aromatic rings. The Kier molecular flexibility index (Phi) is 4.76. The number of benzene rings is 1. The Morgan fingerprint density at radius 2 is 2.06 bits per heavy atom. The van der Waals surface area contributed by atoms with Crippen molar-refractivity contribution < 1.29 is 9.53 Å². The van der Waals surface area contributed by atoms with Gasteiger partial charge in [0.2, 0.25) is 0 Å². The largest absolute Gasteiger partial charge is 0.493 e. The molecule has 0 unspecified atom stereocenters. The minimum absolute atomic E-state index is 0.214. The van der Waals surface area contributed by atoms with Crippen LogP contribution in [0.15, 0.2) is 24.3 Å². The average Bonchev–Trinajstić information content (AvgIpc) is 2.41. The van der Waals surface area contributed by atoms with E-state index in [0.717, 1.165) is 37.2 Å². The molecule has 0 saturated carbocycles. The van der Waals surface area contributed by atoms with Crippen LogP contribution in [-0.2, 0) is 0 Å². The first-order valence-electron chi connectivity index (χ1n) is 6.77. The van der Waals surface area contributed by atoms with Crippen LogP contribution in [0.3, 0.4) is 0 Å². The first kappa shape index (κ1) is 13.1. The molecule has 18 heavy (non-hydrogen) atoms. The molecule has 1 heterocycles. The molecule has 0 amide bonds. The van der Waals surface area contributed by atoms with E-state index in [-0.39, 0.29) is 5.78 Å². The lowest BCUT2D eigenvalue weighted by molar-refractivity contribution is 0.0948. The van der Waals surface area contributed by atoms with Gasteiger partial charge in [-0.15, -0.1) is 0 Å². The summed E-state index contributed by atoms with van der Waals surface area (Å²) in [7, 11) is 0. The number of Topliss-reactive ketones (excluding diaryl/α,β-unsaturated/α-hetero) is 1. The van der Waals surface area contributed by atoms with Crippen LogP contribution >= 0.6 is 0 Å². The second-order valence-corrected chi connectivity index (χ2v) is 4.75. The topological polar surface area (TPSA) is 38.3 Å². The van der Waals surface area contributed by atoms with Crippen LogP contribution in [0.5, 0.6) is 5.75 Å². The van der Waals surface area contributed by atoms with Gasteiger partial charge < -0.3 is 10.1 Å². The lowest BCUT2D eigenvalue weighted by Gasteiger charge is -2.22. The Morgan fingerprint density at radius 3 is 2.78 bits per heavy atom. The van der Waals surface area contributed by atoms with Crippen LogP contribution in [0.4, 0.5) is 0 Å². The summed E-state index contributed by atoms with van der Waals surface area (Å²) < 4.78 is 5.51. The second kappa shape index (κ2) is 6.55. The molecule has 1 aliphatic rings. The molecule has 98 valence electrons. The molecule has 3 heteroatoms. The fraction of sp³-hybridized carbons (Fsp3) is 0.533. The summed E-state index contributed by atoms with van der Waals surface area (Å²) >= 11 is 0. The second-order valence-electron chi connectivity index (χ2n) is 4.75. The molecule has 3 nitrogen and oxygen atoms in total. The van der Waals surface area contributed by atoms with Gasteiger partial charge in [0.1, 0.15) is 5.75 Å². The summed E-state index contributed by atoms with van der Waals surface area (Å²) in [5.41, 5.74) is 0.734. The Morgan fingerprint density at radius 1 is 1.33 bits per heavy atom. The highest BCUT2D eigenvalue weighted by molar-refractivity contribution is 5.98. The van der Waals surface area contributed by atoms with Crippen LogP contribution in [0, 0.1) is 5.92 Å². The summed E-state index contributed by atoms with van der Waals surface area (Å²) in [6.07, 6.45) is 2.84. The van der Waals surface area contributed by atoms with Gasteiger partial charge in [-0.1, -0.05) is 12.1 Å². The van der Waals surface area contributed by atoms with Crippen molar-refractivity contribution in [3.8, 4) is 5.75 Å². The zero-order valence-corrected chi connectivity index (χ0v) is 10.9. The van der Waals surface area contributed by atoms with Gasteiger partial charge >= 0.3 is 0 Å². The van der Waals surface area contributed by atoms with E-state index in [1.54, 1.807) is 0 Å². The van der Waals surface area contributed by atoms with Crippen molar-refractivity contribution in [1.82, 2.24) is 5.32 Å². The van der Waals surface area contributed by atoms with Crippen molar-refractivity contribution in [2.24, 2.45) is 5.92 Å². The number of carbonyl (C=O) groups is 1. The summed E-state index contributed by atoms with van der Waals surface area (Å²) in [5.74, 6) is 1.46. The highest BCUT2D eigenvalue weighted by Gasteiger charge is 2.19. The first-order valence-corrected chi connectivity index (χ1v) is 6.77. The van der Waals surface area contributed by atoms with Crippen molar-refractivity contribution in [2.75, 3.05) is 19.7 Å². The smallest absolute Gasteiger partial charge is 0.166 e. The maximum Gasteiger partial charge on any atom is 0.166 e. The normalized spacial score (nSPS) is 16.5. The van der Waals surface area contributed by atoms with Crippen LogP contribution in [0.1, 0.15) is 36.5 Å². The fourth-order valence-corrected chi connectivity index (χ4v) is 2.44. The number of hydrogen-bond donors (Lipinski definition) is 1. The Hall–Kier alpha value is -1.35. The van der Waals surface area contributed by atoms with E-state index in [0.29, 0.717) is 18.9 Å². The number of carbonyl (C=O) groups excluding carboxylic acids is 1. The van der Waals surface area contributed by atoms with Crippen molar-refractivity contribution in [1.29, 1.82) is 0 Å². The standard InChI is InChI=1S/C15H21NO2/c1-2-18-15-6-4-3-5-13(15)14(17)11-12-7-9-16-10-8-12/h3-6,12,16H,2,7-11H2,1H3. The maximum atomic E-state index is 12.3. The third-order valence-electron chi connectivity index (χ3n) is 3.42. The molecule has 1 aromatic carbocycles. The van der Waals surface area contributed by atoms with Crippen LogP contribution in [0.25, 0.3) is 0 Å². The van der Waals surface area contributed by atoms with E-state index >= 15 is 0 Å². The van der Waals surface area contributed by atoms with E-state index in [2.05, 4.69) is 5.32 Å². The molecule has 0 spiro atoms. The van der Waals surface area contributed by atoms with Crippen molar-refractivity contribution in [2.45, 2.75) is 26.2 Å². The SMILES string of the molecule is CCOc1ccccc1C(=O)CC1CCNCC1. The zero-order chi connectivity index (χ0) is 12.8. The van der Waals surface area contributed by atoms with Crippen LogP contribution in [-0.4, -0.2) is 25.5 Å². The molecular formula is C15H21NO2. The van der Waals surface area contributed by atoms with Crippen LogP contribution < -0.4 is 10.1 Å². The lowest BCUT2D eigenvalue weighted by atomic mass is 9.90. The molecular weight excluding hydrogens is 226 g/mol. The highest BCUT2D eigenvalue weighted by Crippen LogP contribution is 2.24. The molecule has 0 aliphatic carbocycles. The van der Waals surface area contributed by atoms with E-state index < -0.39 is 0 Å². The molecule has 1 N–H and O–H groups in total. The van der Waals surface area contributed by atoms with E-state index in [1.165, 1.54) is 0 Å². The minimum Gasteiger partial charge on any atom is -0.493 e. The quantitative estimate of drug-likeness (QED) is 0.813. The lowest BCUT2D eigenvalue weighted by Crippen LogP contribution is -2.29. The number of rotatable bonds is 5. The molecule has 0 radical (unpaired) electrons. The number of nitrogens with one attached hydrogen (secondary N) is 1. The molecule has 1 aliphatic heterocycles. The van der Waals surface area contributed by atoms with E-state index in [4.69, 9.17) is 4.74 Å². The molecule has 1 fully saturated rings. The van der Waals surface area contributed by atoms with Gasteiger partial charge in [0.25, 0.3) is 0 Å². The molecule has 0 atom stereocenters. The third-order valence-corrected chi connectivity index (χ3v) is 3.42. The monoisotopic (exact) mass is 247 g/mol. The first-order chi connectivity index (χ1) is 8.81. The van der Waals surface area contributed by atoms with Gasteiger partial charge in [0.15, 0.2) is 5.78 Å². The number of para-hydroxylation sites is 1. The minimum atomic E-state index is 0.214. The van der Waals surface area contributed by atoms with Gasteiger partial charge in [-0.25, -0.2) is 0 Å². The fourth-order valence-electron chi connectivity index (χ4n) is 2.44. The Balaban J connectivity index is 2.03. The predicted molar refractivity (Wildman–Crippen MR) is 72.2 cm³/mol. The van der Waals surface area contributed by atoms with Gasteiger partial charge in [-0.2, -0.15) is 0 Å². The van der Waals surface area contributed by atoms with Gasteiger partial charge in [0.05, 0.1) is 12.2 Å². The van der Waals surface area contributed by atoms with Gasteiger partial charge in [-0.3, -0.25) is 4.79 Å². The highest BCUT2D eigenvalue weighted by atomic mass is 16.5. The number of hydrogen-bond acceptors (Lipinski definition) is 3. The average molecular weight is 247 g/mol. The Labute approximate surface area is 109 Å². The summed E-state index contributed by atoms with van der Waals surface area (Å²) in [6.45, 7) is 4.60. The van der Waals surface area contributed by atoms with E-state index in [1.807, 2.05) is 31.2 Å². The van der Waals surface area contributed by atoms with Crippen LogP contribution in [0.2, 0.25) is 0 Å². The summed E-state index contributed by atoms with van der Waals surface area (Å²) in [5, 5.41) is 3.32. The maximum absolute atomic E-state index is 12.3. The van der Waals surface area contributed by atoms with E-state index in [9.17, 15) is 4.79 Å². The third kappa shape index (κ3) is 3.33. The molecule has 1 saturated heterocycles. The zero-order valence-electron chi connectivity index (χ0n) is 10.9. The number of ketones is 1. The summed E-state index contributed by atoms with van der Waals surface area (Å²) in [6, 6.07) is 7.55. The van der Waals surface area contributed by atoms with Gasteiger partial charge in [0, 0.05) is 6.42 Å². The molecule has 2 rings (SSSR count). The van der Waals surface area contributed by atoms with Crippen molar-refractivity contribution in [3.63, 3.8) is 0 Å². The molecule has 0 aromatic heterocycles. The van der Waals surface area contributed by atoms with Gasteiger partial charge in [-0.05, 0) is 50.9 Å². The Bertz CT molecular complexity index is 397. The number of ether oxygens (including phenoxy) is 1.